The molecule has 13 heavy (non-hydrogen) atoms. The summed E-state index contributed by atoms with van der Waals surface area (Å²) in [5.41, 5.74) is 0. The first-order chi connectivity index (χ1) is 6.20. The second kappa shape index (κ2) is 4.54. The van der Waals surface area contributed by atoms with Gasteiger partial charge in [0, 0.05) is 6.54 Å². The lowest BCUT2D eigenvalue weighted by molar-refractivity contribution is 0.0941. The first-order valence-corrected chi connectivity index (χ1v) is 4.22. The average molecular weight is 183 g/mol. The van der Waals surface area contributed by atoms with Crippen LogP contribution in [0.3, 0.4) is 0 Å². The van der Waals surface area contributed by atoms with Gasteiger partial charge in [-0.05, 0) is 17.6 Å². The second-order valence-corrected chi connectivity index (χ2v) is 3.17. The van der Waals surface area contributed by atoms with Crippen molar-refractivity contribution in [1.29, 1.82) is 0 Å². The quantitative estimate of drug-likeness (QED) is 0.686. The summed E-state index contributed by atoms with van der Waals surface area (Å²) in [5.74, 6) is 0.378. The maximum atomic E-state index is 11.2. The van der Waals surface area contributed by atoms with E-state index in [1.165, 1.54) is 0 Å². The molecule has 0 aromatic carbocycles. The minimum Gasteiger partial charge on any atom is -0.349 e. The molecule has 0 radical (unpaired) electrons. The minimum absolute atomic E-state index is 0.0868. The van der Waals surface area contributed by atoms with E-state index in [1.54, 1.807) is 0 Å². The molecule has 1 aromatic rings. The van der Waals surface area contributed by atoms with Crippen molar-refractivity contribution in [3.8, 4) is 0 Å². The van der Waals surface area contributed by atoms with Gasteiger partial charge in [-0.25, -0.2) is 0 Å². The maximum absolute atomic E-state index is 11.2. The van der Waals surface area contributed by atoms with Crippen molar-refractivity contribution in [2.45, 2.75) is 20.3 Å². The molecule has 6 heteroatoms. The Bertz CT molecular complexity index is 256. The van der Waals surface area contributed by atoms with Crippen LogP contribution in [0.2, 0.25) is 0 Å². The molecule has 1 amide bonds. The van der Waals surface area contributed by atoms with Gasteiger partial charge in [-0.3, -0.25) is 4.79 Å². The van der Waals surface area contributed by atoms with Gasteiger partial charge < -0.3 is 5.32 Å². The summed E-state index contributed by atoms with van der Waals surface area (Å²) in [6, 6.07) is 0. The Morgan fingerprint density at radius 2 is 2.38 bits per heavy atom. The largest absolute Gasteiger partial charge is 0.349 e. The third-order valence-electron chi connectivity index (χ3n) is 1.56. The van der Waals surface area contributed by atoms with Gasteiger partial charge in [0.05, 0.1) is 0 Å². The van der Waals surface area contributed by atoms with E-state index >= 15 is 0 Å². The number of carbonyl (C=O) groups excluding carboxylic acids is 1. The third-order valence-corrected chi connectivity index (χ3v) is 1.56. The number of amides is 1. The van der Waals surface area contributed by atoms with Crippen LogP contribution >= 0.6 is 0 Å². The second-order valence-electron chi connectivity index (χ2n) is 3.17. The summed E-state index contributed by atoms with van der Waals surface area (Å²) >= 11 is 0. The normalized spacial score (nSPS) is 10.4. The van der Waals surface area contributed by atoms with Crippen molar-refractivity contribution < 1.29 is 4.79 Å². The van der Waals surface area contributed by atoms with Crippen LogP contribution in [0.1, 0.15) is 30.9 Å². The van der Waals surface area contributed by atoms with E-state index in [0.717, 1.165) is 6.42 Å². The first-order valence-electron chi connectivity index (χ1n) is 4.22. The van der Waals surface area contributed by atoms with Gasteiger partial charge in [-0.15, -0.1) is 10.2 Å². The van der Waals surface area contributed by atoms with Gasteiger partial charge in [0.25, 0.3) is 11.7 Å². The molecule has 1 rings (SSSR count). The molecule has 1 aromatic heterocycles. The van der Waals surface area contributed by atoms with E-state index < -0.39 is 0 Å². The van der Waals surface area contributed by atoms with E-state index in [4.69, 9.17) is 0 Å². The molecule has 0 aliphatic heterocycles. The summed E-state index contributed by atoms with van der Waals surface area (Å²) in [6.07, 6.45) is 0.948. The van der Waals surface area contributed by atoms with Gasteiger partial charge in [0.1, 0.15) is 0 Å². The van der Waals surface area contributed by atoms with E-state index in [0.29, 0.717) is 12.5 Å². The zero-order valence-electron chi connectivity index (χ0n) is 7.74. The standard InChI is InChI=1S/C7H13N5O/c1-5(2)3-4-8-7(13)6-9-11-12-10-6/h5H,3-4H2,1-2H3,(H,8,13)(H,9,10,11,12). The van der Waals surface area contributed by atoms with Crippen molar-refractivity contribution in [2.75, 3.05) is 6.54 Å². The number of tetrazole rings is 1. The van der Waals surface area contributed by atoms with Crippen LogP contribution in [0.25, 0.3) is 0 Å². The molecular weight excluding hydrogens is 170 g/mol. The highest BCUT2D eigenvalue weighted by atomic mass is 16.2. The van der Waals surface area contributed by atoms with Gasteiger partial charge in [-0.1, -0.05) is 13.8 Å². The Morgan fingerprint density at radius 1 is 1.62 bits per heavy atom. The molecule has 1 heterocycles. The van der Waals surface area contributed by atoms with Gasteiger partial charge in [-0.2, -0.15) is 5.21 Å². The molecule has 0 atom stereocenters. The molecule has 0 spiro atoms. The van der Waals surface area contributed by atoms with Crippen molar-refractivity contribution in [1.82, 2.24) is 25.9 Å². The number of aromatic nitrogens is 4. The average Bonchev–Trinajstić information content (AvgIpc) is 2.55. The molecule has 0 aliphatic carbocycles. The molecule has 0 saturated carbocycles. The molecule has 0 bridgehead atoms. The summed E-state index contributed by atoms with van der Waals surface area (Å²) < 4.78 is 0. The van der Waals surface area contributed by atoms with Crippen molar-refractivity contribution in [2.24, 2.45) is 5.92 Å². The van der Waals surface area contributed by atoms with E-state index in [2.05, 4.69) is 39.8 Å². The SMILES string of the molecule is CC(C)CCNC(=O)c1nn[nH]n1. The van der Waals surface area contributed by atoms with E-state index in [-0.39, 0.29) is 11.7 Å². The van der Waals surface area contributed by atoms with Crippen molar-refractivity contribution in [3.05, 3.63) is 5.82 Å². The number of carbonyl (C=O) groups is 1. The fourth-order valence-corrected chi connectivity index (χ4v) is 0.811. The number of rotatable bonds is 4. The Labute approximate surface area is 76.1 Å². The fourth-order valence-electron chi connectivity index (χ4n) is 0.811. The molecule has 72 valence electrons. The summed E-state index contributed by atoms with van der Waals surface area (Å²) in [6.45, 7) is 4.84. The third kappa shape index (κ3) is 3.18. The van der Waals surface area contributed by atoms with Crippen LogP contribution < -0.4 is 5.32 Å². The molecular formula is C7H13N5O. The number of H-pyrrole nitrogens is 1. The molecule has 0 unspecified atom stereocenters. The molecule has 0 fully saturated rings. The van der Waals surface area contributed by atoms with E-state index in [9.17, 15) is 4.79 Å². The predicted molar refractivity (Wildman–Crippen MR) is 46.0 cm³/mol. The molecule has 0 aliphatic rings. The Balaban J connectivity index is 2.27. The van der Waals surface area contributed by atoms with Crippen LogP contribution in [0.5, 0.6) is 0 Å². The van der Waals surface area contributed by atoms with Crippen LogP contribution in [-0.4, -0.2) is 33.1 Å². The topological polar surface area (TPSA) is 83.6 Å². The van der Waals surface area contributed by atoms with Crippen LogP contribution in [-0.2, 0) is 0 Å². The predicted octanol–water partition coefficient (Wildman–Crippen LogP) is -0.0244. The minimum atomic E-state index is -0.283. The van der Waals surface area contributed by atoms with Crippen molar-refractivity contribution >= 4 is 5.91 Å². The molecule has 2 N–H and O–H groups in total. The van der Waals surface area contributed by atoms with Gasteiger partial charge in [0.15, 0.2) is 0 Å². The highest BCUT2D eigenvalue weighted by Gasteiger charge is 2.09. The number of hydrogen-bond acceptors (Lipinski definition) is 4. The van der Waals surface area contributed by atoms with Crippen molar-refractivity contribution in [3.63, 3.8) is 0 Å². The zero-order chi connectivity index (χ0) is 9.68. The molecule has 6 nitrogen and oxygen atoms in total. The highest BCUT2D eigenvalue weighted by molar-refractivity contribution is 5.89. The monoisotopic (exact) mass is 183 g/mol. The lowest BCUT2D eigenvalue weighted by Crippen LogP contribution is -2.26. The summed E-state index contributed by atoms with van der Waals surface area (Å²) in [5, 5.41) is 15.3. The number of aromatic amines is 1. The smallest absolute Gasteiger partial charge is 0.292 e. The Kier molecular flexibility index (Phi) is 3.36. The van der Waals surface area contributed by atoms with Crippen LogP contribution in [0, 0.1) is 5.92 Å². The number of nitrogens with one attached hydrogen (secondary N) is 2. The lowest BCUT2D eigenvalue weighted by atomic mass is 10.1. The van der Waals surface area contributed by atoms with E-state index in [1.807, 2.05) is 0 Å². The summed E-state index contributed by atoms with van der Waals surface area (Å²) in [4.78, 5) is 11.2. The lowest BCUT2D eigenvalue weighted by Gasteiger charge is -2.04. The fraction of sp³-hybridized carbons (Fsp3) is 0.714. The van der Waals surface area contributed by atoms with Gasteiger partial charge >= 0.3 is 0 Å². The van der Waals surface area contributed by atoms with Gasteiger partial charge in [0.2, 0.25) is 0 Å². The zero-order valence-corrected chi connectivity index (χ0v) is 7.74. The molecule has 0 saturated heterocycles. The number of hydrogen-bond donors (Lipinski definition) is 2. The number of nitrogens with zero attached hydrogens (tertiary/aromatic N) is 3. The Morgan fingerprint density at radius 3 is 2.92 bits per heavy atom. The van der Waals surface area contributed by atoms with Crippen LogP contribution in [0.15, 0.2) is 0 Å². The Hall–Kier alpha value is -1.46. The van der Waals surface area contributed by atoms with Crippen LogP contribution in [0.4, 0.5) is 0 Å². The maximum Gasteiger partial charge on any atom is 0.292 e. The summed E-state index contributed by atoms with van der Waals surface area (Å²) in [7, 11) is 0. The highest BCUT2D eigenvalue weighted by Crippen LogP contribution is 1.96. The first kappa shape index (κ1) is 9.63.